The quantitative estimate of drug-likeness (QED) is 0.801. The summed E-state index contributed by atoms with van der Waals surface area (Å²) in [6.07, 6.45) is 0.149. The van der Waals surface area contributed by atoms with Crippen LogP contribution in [-0.4, -0.2) is 41.3 Å². The number of hydrogen-bond acceptors (Lipinski definition) is 4. The lowest BCUT2D eigenvalue weighted by atomic mass is 10.2. The molecule has 0 radical (unpaired) electrons. The van der Waals surface area contributed by atoms with Gasteiger partial charge in [0.2, 0.25) is 0 Å². The van der Waals surface area contributed by atoms with Crippen molar-refractivity contribution in [2.24, 2.45) is 0 Å². The Kier molecular flexibility index (Phi) is 4.79. The molecule has 0 aliphatic carbocycles. The minimum Gasteiger partial charge on any atom is -0.465 e. The minimum absolute atomic E-state index is 0.148. The maximum Gasteiger partial charge on any atom is 0.404 e. The molecule has 0 saturated heterocycles. The summed E-state index contributed by atoms with van der Waals surface area (Å²) in [5.74, 6) is -0.0845. The predicted molar refractivity (Wildman–Crippen MR) is 81.5 cm³/mol. The maximum atomic E-state index is 14.1. The Hall–Kier alpha value is -1.67. The van der Waals surface area contributed by atoms with Crippen LogP contribution in [-0.2, 0) is 0 Å². The van der Waals surface area contributed by atoms with Crippen molar-refractivity contribution >= 4 is 50.3 Å². The molecule has 1 aromatic heterocycles. The van der Waals surface area contributed by atoms with Crippen molar-refractivity contribution in [1.82, 2.24) is 15.3 Å². The molecule has 1 amide bonds. The molecule has 0 fully saturated rings. The van der Waals surface area contributed by atoms with Gasteiger partial charge < -0.3 is 15.3 Å². The Balaban J connectivity index is 2.38. The Morgan fingerprint density at radius 1 is 1.57 bits per heavy atom. The van der Waals surface area contributed by atoms with E-state index in [-0.39, 0.29) is 21.6 Å². The lowest BCUT2D eigenvalue weighted by Crippen LogP contribution is -2.32. The van der Waals surface area contributed by atoms with E-state index >= 15 is 0 Å². The number of likely N-dealkylation sites (N-methyl/N-ethyl adjacent to an activating group) is 1. The van der Waals surface area contributed by atoms with Gasteiger partial charge in [-0.15, -0.1) is 0 Å². The summed E-state index contributed by atoms with van der Waals surface area (Å²) in [4.78, 5) is 20.2. The van der Waals surface area contributed by atoms with Crippen LogP contribution in [0.25, 0.3) is 10.9 Å². The molecule has 1 aromatic carbocycles. The van der Waals surface area contributed by atoms with Gasteiger partial charge in [0.1, 0.15) is 17.7 Å². The van der Waals surface area contributed by atoms with Gasteiger partial charge in [0.25, 0.3) is 0 Å². The van der Waals surface area contributed by atoms with Crippen LogP contribution in [0.1, 0.15) is 0 Å². The third-order valence-electron chi connectivity index (χ3n) is 2.83. The summed E-state index contributed by atoms with van der Waals surface area (Å²) in [5, 5.41) is 11.5. The monoisotopic (exact) mass is 376 g/mol. The molecule has 9 heteroatoms. The van der Waals surface area contributed by atoms with Crippen molar-refractivity contribution in [2.45, 2.75) is 0 Å². The summed E-state index contributed by atoms with van der Waals surface area (Å²) < 4.78 is 14.3. The van der Waals surface area contributed by atoms with Crippen molar-refractivity contribution in [3.05, 3.63) is 27.7 Å². The number of carboxylic acid groups (broad SMARTS) is 1. The van der Waals surface area contributed by atoms with Gasteiger partial charge in [0.15, 0.2) is 5.82 Å². The Morgan fingerprint density at radius 3 is 2.95 bits per heavy atom. The van der Waals surface area contributed by atoms with Gasteiger partial charge in [0, 0.05) is 25.5 Å². The highest BCUT2D eigenvalue weighted by Gasteiger charge is 2.16. The fourth-order valence-electron chi connectivity index (χ4n) is 1.83. The number of rotatable bonds is 4. The van der Waals surface area contributed by atoms with Gasteiger partial charge in [-0.1, -0.05) is 11.6 Å². The molecular weight excluding hydrogens is 367 g/mol. The summed E-state index contributed by atoms with van der Waals surface area (Å²) in [6.45, 7) is 0.581. The third-order valence-corrected chi connectivity index (χ3v) is 4.13. The van der Waals surface area contributed by atoms with Gasteiger partial charge in [-0.05, 0) is 22.0 Å². The Bertz CT molecular complexity index is 701. The first-order valence-electron chi connectivity index (χ1n) is 5.88. The Morgan fingerprint density at radius 2 is 2.29 bits per heavy atom. The van der Waals surface area contributed by atoms with Crippen LogP contribution < -0.4 is 10.2 Å². The highest BCUT2D eigenvalue weighted by atomic mass is 79.9. The number of nitrogens with zero attached hydrogens (tertiary/aromatic N) is 3. The standard InChI is InChI=1S/C12H11BrClFN4O2/c1-19(3-2-16-12(20)21)11-6-4-7(14)8(13)9(15)10(6)17-5-18-11/h4-5,16H,2-3H2,1H3,(H,20,21). The number of anilines is 1. The molecule has 2 aromatic rings. The summed E-state index contributed by atoms with van der Waals surface area (Å²) >= 11 is 9.03. The first kappa shape index (κ1) is 15.7. The minimum atomic E-state index is -1.10. The fourth-order valence-corrected chi connectivity index (χ4v) is 2.33. The molecule has 0 atom stereocenters. The zero-order valence-electron chi connectivity index (χ0n) is 10.9. The van der Waals surface area contributed by atoms with E-state index in [9.17, 15) is 9.18 Å². The van der Waals surface area contributed by atoms with E-state index < -0.39 is 11.9 Å². The van der Waals surface area contributed by atoms with Crippen molar-refractivity contribution in [2.75, 3.05) is 25.0 Å². The van der Waals surface area contributed by atoms with E-state index in [0.717, 1.165) is 0 Å². The van der Waals surface area contributed by atoms with Crippen LogP contribution in [0, 0.1) is 5.82 Å². The van der Waals surface area contributed by atoms with Crippen LogP contribution in [0.4, 0.5) is 15.0 Å². The number of carbonyl (C=O) groups is 1. The van der Waals surface area contributed by atoms with E-state index in [1.54, 1.807) is 18.0 Å². The molecule has 21 heavy (non-hydrogen) atoms. The van der Waals surface area contributed by atoms with Crippen LogP contribution in [0.3, 0.4) is 0 Å². The van der Waals surface area contributed by atoms with Crippen LogP contribution in [0.2, 0.25) is 5.02 Å². The molecule has 2 N–H and O–H groups in total. The van der Waals surface area contributed by atoms with Crippen molar-refractivity contribution in [1.29, 1.82) is 0 Å². The number of aromatic nitrogens is 2. The van der Waals surface area contributed by atoms with Crippen molar-refractivity contribution in [3.63, 3.8) is 0 Å². The predicted octanol–water partition coefficient (Wildman–Crippen LogP) is 2.89. The highest BCUT2D eigenvalue weighted by molar-refractivity contribution is 9.10. The maximum absolute atomic E-state index is 14.1. The third kappa shape index (κ3) is 3.33. The lowest BCUT2D eigenvalue weighted by Gasteiger charge is -2.19. The van der Waals surface area contributed by atoms with Crippen LogP contribution in [0.5, 0.6) is 0 Å². The van der Waals surface area contributed by atoms with E-state index in [1.165, 1.54) is 6.33 Å². The highest BCUT2D eigenvalue weighted by Crippen LogP contribution is 2.34. The normalized spacial score (nSPS) is 10.7. The SMILES string of the molecule is CN(CCNC(=O)O)c1ncnc2c(F)c(Br)c(Cl)cc12. The van der Waals surface area contributed by atoms with E-state index in [4.69, 9.17) is 16.7 Å². The number of nitrogens with one attached hydrogen (secondary N) is 1. The summed E-state index contributed by atoms with van der Waals surface area (Å²) in [5.41, 5.74) is 0.148. The molecule has 1 heterocycles. The van der Waals surface area contributed by atoms with E-state index in [2.05, 4.69) is 31.2 Å². The molecule has 0 bridgehead atoms. The average molecular weight is 378 g/mol. The number of fused-ring (bicyclic) bond motifs is 1. The molecule has 6 nitrogen and oxygen atoms in total. The number of amides is 1. The first-order valence-corrected chi connectivity index (χ1v) is 7.05. The first-order chi connectivity index (χ1) is 9.91. The van der Waals surface area contributed by atoms with Gasteiger partial charge in [-0.25, -0.2) is 19.2 Å². The van der Waals surface area contributed by atoms with Gasteiger partial charge >= 0.3 is 6.09 Å². The molecule has 0 aliphatic rings. The molecular formula is C12H11BrClFN4O2. The molecule has 112 valence electrons. The van der Waals surface area contributed by atoms with Crippen LogP contribution in [0.15, 0.2) is 16.9 Å². The van der Waals surface area contributed by atoms with Crippen LogP contribution >= 0.6 is 27.5 Å². The second kappa shape index (κ2) is 6.40. The second-order valence-corrected chi connectivity index (χ2v) is 5.43. The number of halogens is 3. The second-order valence-electron chi connectivity index (χ2n) is 4.23. The van der Waals surface area contributed by atoms with E-state index in [1.807, 2.05) is 0 Å². The zero-order chi connectivity index (χ0) is 15.6. The largest absolute Gasteiger partial charge is 0.465 e. The van der Waals surface area contributed by atoms with Gasteiger partial charge in [0.05, 0.1) is 9.50 Å². The Labute approximate surface area is 133 Å². The van der Waals surface area contributed by atoms with Crippen molar-refractivity contribution in [3.8, 4) is 0 Å². The van der Waals surface area contributed by atoms with Crippen molar-refractivity contribution < 1.29 is 14.3 Å². The molecule has 0 spiro atoms. The van der Waals surface area contributed by atoms with Gasteiger partial charge in [-0.3, -0.25) is 0 Å². The molecule has 0 unspecified atom stereocenters. The molecule has 0 aliphatic heterocycles. The fraction of sp³-hybridized carbons (Fsp3) is 0.250. The zero-order valence-corrected chi connectivity index (χ0v) is 13.2. The lowest BCUT2D eigenvalue weighted by molar-refractivity contribution is 0.195. The summed E-state index contributed by atoms with van der Waals surface area (Å²) in [6, 6.07) is 1.57. The smallest absolute Gasteiger partial charge is 0.404 e. The molecule has 2 rings (SSSR count). The average Bonchev–Trinajstić information content (AvgIpc) is 2.44. The van der Waals surface area contributed by atoms with Gasteiger partial charge in [-0.2, -0.15) is 0 Å². The number of hydrogen-bond donors (Lipinski definition) is 2. The van der Waals surface area contributed by atoms with E-state index in [0.29, 0.717) is 17.7 Å². The number of benzene rings is 1. The topological polar surface area (TPSA) is 78.4 Å². The summed E-state index contributed by atoms with van der Waals surface area (Å²) in [7, 11) is 1.72. The molecule has 0 saturated carbocycles.